The van der Waals surface area contributed by atoms with E-state index in [1.165, 1.54) is 12.3 Å². The predicted molar refractivity (Wildman–Crippen MR) is 71.6 cm³/mol. The van der Waals surface area contributed by atoms with Crippen molar-refractivity contribution < 1.29 is 4.79 Å². The first-order valence-electron chi connectivity index (χ1n) is 5.94. The average Bonchev–Trinajstić information content (AvgIpc) is 2.40. The minimum absolute atomic E-state index is 0.0152. The van der Waals surface area contributed by atoms with Crippen molar-refractivity contribution in [3.05, 3.63) is 39.9 Å². The molecule has 0 saturated heterocycles. The van der Waals surface area contributed by atoms with Gasteiger partial charge in [0.1, 0.15) is 5.69 Å². The number of primary amides is 1. The van der Waals surface area contributed by atoms with Crippen LogP contribution in [-0.2, 0) is 6.42 Å². The fourth-order valence-electron chi connectivity index (χ4n) is 1.63. The molecule has 0 bridgehead atoms. The Morgan fingerprint density at radius 3 is 2.67 bits per heavy atom. The minimum atomic E-state index is -0.694. The number of pyridine rings is 2. The van der Waals surface area contributed by atoms with Gasteiger partial charge in [0.15, 0.2) is 5.43 Å². The SMILES string of the molecule is CC.CCc1cc(=O)c2c(C(N)=O)nccc2[nH]1. The van der Waals surface area contributed by atoms with Crippen molar-refractivity contribution >= 4 is 16.8 Å². The number of aryl methyl sites for hydroxylation is 1. The fraction of sp³-hybridized carbons (Fsp3) is 0.308. The maximum Gasteiger partial charge on any atom is 0.268 e. The molecule has 0 aliphatic carbocycles. The molecular formula is C13H17N3O2. The Morgan fingerprint density at radius 1 is 1.44 bits per heavy atom. The second-order valence-electron chi connectivity index (χ2n) is 3.46. The van der Waals surface area contributed by atoms with Crippen LogP contribution < -0.4 is 11.2 Å². The smallest absolute Gasteiger partial charge is 0.268 e. The number of fused-ring (bicyclic) bond motifs is 1. The molecule has 0 unspecified atom stereocenters. The molecule has 0 aromatic carbocycles. The van der Waals surface area contributed by atoms with Crippen molar-refractivity contribution in [3.63, 3.8) is 0 Å². The van der Waals surface area contributed by atoms with Gasteiger partial charge >= 0.3 is 0 Å². The number of H-pyrrole nitrogens is 1. The molecule has 5 nitrogen and oxygen atoms in total. The van der Waals surface area contributed by atoms with Crippen molar-refractivity contribution in [2.75, 3.05) is 0 Å². The predicted octanol–water partition coefficient (Wildman–Crippen LogP) is 1.61. The number of aromatic amines is 1. The second-order valence-corrected chi connectivity index (χ2v) is 3.46. The van der Waals surface area contributed by atoms with Gasteiger partial charge in [0.05, 0.1) is 10.9 Å². The number of nitrogens with zero attached hydrogens (tertiary/aromatic N) is 1. The maximum absolute atomic E-state index is 11.8. The number of aromatic nitrogens is 2. The summed E-state index contributed by atoms with van der Waals surface area (Å²) in [6, 6.07) is 3.12. The Hall–Kier alpha value is -2.17. The molecule has 1 amide bonds. The maximum atomic E-state index is 11.8. The van der Waals surface area contributed by atoms with Crippen LogP contribution in [0.4, 0.5) is 0 Å². The minimum Gasteiger partial charge on any atom is -0.364 e. The van der Waals surface area contributed by atoms with Gasteiger partial charge in [-0.1, -0.05) is 20.8 Å². The third kappa shape index (κ3) is 2.56. The fourth-order valence-corrected chi connectivity index (χ4v) is 1.63. The monoisotopic (exact) mass is 247 g/mol. The zero-order valence-corrected chi connectivity index (χ0v) is 10.8. The first-order chi connectivity index (χ1) is 8.63. The molecular weight excluding hydrogens is 230 g/mol. The molecule has 96 valence electrons. The summed E-state index contributed by atoms with van der Waals surface area (Å²) in [4.78, 5) is 29.8. The Morgan fingerprint density at radius 2 is 2.11 bits per heavy atom. The number of rotatable bonds is 2. The van der Waals surface area contributed by atoms with Crippen LogP contribution in [0.1, 0.15) is 37.0 Å². The molecule has 2 rings (SSSR count). The molecule has 2 aromatic heterocycles. The molecule has 5 heteroatoms. The van der Waals surface area contributed by atoms with E-state index in [1.54, 1.807) is 6.07 Å². The molecule has 0 radical (unpaired) electrons. The molecule has 0 fully saturated rings. The molecule has 18 heavy (non-hydrogen) atoms. The lowest BCUT2D eigenvalue weighted by Crippen LogP contribution is -2.18. The molecule has 0 aliphatic heterocycles. The van der Waals surface area contributed by atoms with Crippen LogP contribution in [0, 0.1) is 0 Å². The highest BCUT2D eigenvalue weighted by Gasteiger charge is 2.11. The largest absolute Gasteiger partial charge is 0.364 e. The second kappa shape index (κ2) is 5.95. The number of amides is 1. The van der Waals surface area contributed by atoms with Gasteiger partial charge in [0.2, 0.25) is 0 Å². The van der Waals surface area contributed by atoms with Crippen molar-refractivity contribution in [1.82, 2.24) is 9.97 Å². The van der Waals surface area contributed by atoms with E-state index in [0.717, 1.165) is 12.1 Å². The Kier molecular flexibility index (Phi) is 4.59. The molecule has 0 saturated carbocycles. The highest BCUT2D eigenvalue weighted by atomic mass is 16.1. The number of carbonyl (C=O) groups is 1. The van der Waals surface area contributed by atoms with E-state index >= 15 is 0 Å². The first kappa shape index (κ1) is 13.9. The number of hydrogen-bond donors (Lipinski definition) is 2. The Bertz CT molecular complexity index is 617. The van der Waals surface area contributed by atoms with Gasteiger partial charge < -0.3 is 10.7 Å². The number of hydrogen-bond acceptors (Lipinski definition) is 3. The van der Waals surface area contributed by atoms with E-state index in [-0.39, 0.29) is 16.5 Å². The summed E-state index contributed by atoms with van der Waals surface area (Å²) in [7, 11) is 0. The lowest BCUT2D eigenvalue weighted by molar-refractivity contribution is 0.0997. The molecule has 0 spiro atoms. The van der Waals surface area contributed by atoms with E-state index < -0.39 is 5.91 Å². The van der Waals surface area contributed by atoms with E-state index in [1.807, 2.05) is 20.8 Å². The van der Waals surface area contributed by atoms with Crippen molar-refractivity contribution in [2.45, 2.75) is 27.2 Å². The van der Waals surface area contributed by atoms with Gasteiger partial charge in [-0.3, -0.25) is 14.6 Å². The third-order valence-corrected chi connectivity index (χ3v) is 2.41. The standard InChI is InChI=1S/C11H11N3O2.C2H6/c1-2-6-5-8(15)9-7(14-6)3-4-13-10(9)11(12)16;1-2/h3-5H,2H2,1H3,(H2,12,16)(H,14,15);1-2H3. The highest BCUT2D eigenvalue weighted by Crippen LogP contribution is 2.11. The van der Waals surface area contributed by atoms with E-state index in [4.69, 9.17) is 5.73 Å². The van der Waals surface area contributed by atoms with Gasteiger partial charge in [0, 0.05) is 18.0 Å². The molecule has 2 aromatic rings. The molecule has 0 atom stereocenters. The Balaban J connectivity index is 0.000000771. The zero-order valence-electron chi connectivity index (χ0n) is 10.8. The molecule has 3 N–H and O–H groups in total. The molecule has 0 aliphatic rings. The van der Waals surface area contributed by atoms with Crippen LogP contribution >= 0.6 is 0 Å². The lowest BCUT2D eigenvalue weighted by atomic mass is 10.1. The van der Waals surface area contributed by atoms with Crippen LogP contribution in [-0.4, -0.2) is 15.9 Å². The van der Waals surface area contributed by atoms with E-state index in [0.29, 0.717) is 5.52 Å². The summed E-state index contributed by atoms with van der Waals surface area (Å²) in [5, 5.41) is 0.257. The van der Waals surface area contributed by atoms with Gasteiger partial charge in [-0.25, -0.2) is 0 Å². The summed E-state index contributed by atoms with van der Waals surface area (Å²) >= 11 is 0. The van der Waals surface area contributed by atoms with Crippen LogP contribution in [0.25, 0.3) is 10.9 Å². The third-order valence-electron chi connectivity index (χ3n) is 2.41. The van der Waals surface area contributed by atoms with Crippen LogP contribution in [0.5, 0.6) is 0 Å². The molecule has 2 heterocycles. The number of nitrogens with two attached hydrogens (primary N) is 1. The highest BCUT2D eigenvalue weighted by molar-refractivity contribution is 6.03. The van der Waals surface area contributed by atoms with Crippen LogP contribution in [0.15, 0.2) is 23.1 Å². The lowest BCUT2D eigenvalue weighted by Gasteiger charge is -2.03. The zero-order chi connectivity index (χ0) is 13.7. The summed E-state index contributed by atoms with van der Waals surface area (Å²) in [6.07, 6.45) is 2.18. The normalized spacial score (nSPS) is 9.72. The van der Waals surface area contributed by atoms with Crippen molar-refractivity contribution in [3.8, 4) is 0 Å². The topological polar surface area (TPSA) is 88.8 Å². The summed E-state index contributed by atoms with van der Waals surface area (Å²) in [6.45, 7) is 5.94. The van der Waals surface area contributed by atoms with E-state index in [9.17, 15) is 9.59 Å². The van der Waals surface area contributed by atoms with Crippen LogP contribution in [0.2, 0.25) is 0 Å². The van der Waals surface area contributed by atoms with Gasteiger partial charge in [-0.15, -0.1) is 0 Å². The van der Waals surface area contributed by atoms with Gasteiger partial charge in [-0.2, -0.15) is 0 Å². The summed E-state index contributed by atoms with van der Waals surface area (Å²) in [5.41, 5.74) is 6.36. The average molecular weight is 247 g/mol. The van der Waals surface area contributed by atoms with Crippen molar-refractivity contribution in [1.29, 1.82) is 0 Å². The van der Waals surface area contributed by atoms with E-state index in [2.05, 4.69) is 9.97 Å². The van der Waals surface area contributed by atoms with Gasteiger partial charge in [-0.05, 0) is 12.5 Å². The quantitative estimate of drug-likeness (QED) is 0.844. The Labute approximate surface area is 105 Å². The number of carbonyl (C=O) groups excluding carboxylic acids is 1. The number of nitrogens with one attached hydrogen (secondary N) is 1. The van der Waals surface area contributed by atoms with Gasteiger partial charge in [0.25, 0.3) is 5.91 Å². The summed E-state index contributed by atoms with van der Waals surface area (Å²) in [5.74, 6) is -0.694. The summed E-state index contributed by atoms with van der Waals surface area (Å²) < 4.78 is 0. The van der Waals surface area contributed by atoms with Crippen molar-refractivity contribution in [2.24, 2.45) is 5.73 Å². The first-order valence-corrected chi connectivity index (χ1v) is 5.94. The van der Waals surface area contributed by atoms with Crippen LogP contribution in [0.3, 0.4) is 0 Å².